The van der Waals surface area contributed by atoms with Gasteiger partial charge in [0.1, 0.15) is 18.3 Å². The average molecular weight is 420 g/mol. The molecule has 1 aliphatic rings. The summed E-state index contributed by atoms with van der Waals surface area (Å²) < 4.78 is 6.38. The first-order valence-corrected chi connectivity index (χ1v) is 7.39. The summed E-state index contributed by atoms with van der Waals surface area (Å²) in [5, 5.41) is 28.8. The van der Waals surface area contributed by atoms with Crippen LogP contribution in [0.15, 0.2) is 34.2 Å². The molecule has 3 rings (SSSR count). The van der Waals surface area contributed by atoms with Gasteiger partial charge in [0.25, 0.3) is 0 Å². The van der Waals surface area contributed by atoms with Crippen molar-refractivity contribution in [3.8, 4) is 0 Å². The Kier molecular flexibility index (Phi) is 6.84. The van der Waals surface area contributed by atoms with E-state index in [2.05, 4.69) is 22.1 Å². The number of aromatic nitrogens is 2. The molecule has 8 nitrogen and oxygen atoms in total. The van der Waals surface area contributed by atoms with Gasteiger partial charge in [-0.25, -0.2) is 4.79 Å². The minimum absolute atomic E-state index is 0. The van der Waals surface area contributed by atoms with Gasteiger partial charge in [0, 0.05) is 32.7 Å². The summed E-state index contributed by atoms with van der Waals surface area (Å²) in [6, 6.07) is 11.2. The third kappa shape index (κ3) is 4.16. The van der Waals surface area contributed by atoms with Gasteiger partial charge in [-0.1, -0.05) is 6.92 Å². The molecule has 0 spiro atoms. The van der Waals surface area contributed by atoms with E-state index in [1.807, 2.05) is 19.1 Å². The molecule has 4 atom stereocenters. The van der Waals surface area contributed by atoms with Crippen LogP contribution in [0.25, 0.3) is 0 Å². The molecule has 131 valence electrons. The average Bonchev–Trinajstić information content (AvgIpc) is 2.85. The molecule has 1 aromatic heterocycles. The zero-order valence-electron chi connectivity index (χ0n) is 13.5. The first-order chi connectivity index (χ1) is 11.5. The van der Waals surface area contributed by atoms with E-state index >= 15 is 0 Å². The Balaban J connectivity index is 0.00000225. The van der Waals surface area contributed by atoms with Crippen molar-refractivity contribution in [1.29, 1.82) is 0 Å². The Morgan fingerprint density at radius 1 is 1.36 bits per heavy atom. The molecule has 1 fully saturated rings. The number of aliphatic hydroxyl groups excluding tert-OH is 3. The van der Waals surface area contributed by atoms with Crippen molar-refractivity contribution in [2.45, 2.75) is 31.5 Å². The van der Waals surface area contributed by atoms with E-state index in [0.717, 1.165) is 10.1 Å². The van der Waals surface area contributed by atoms with Crippen LogP contribution in [0.4, 0.5) is 5.69 Å². The molecule has 1 aliphatic heterocycles. The number of ether oxygens (including phenoxy) is 1. The smallest absolute Gasteiger partial charge is 0.324 e. The second-order valence-corrected chi connectivity index (χ2v) is 5.50. The maximum Gasteiger partial charge on any atom is 0.324 e. The summed E-state index contributed by atoms with van der Waals surface area (Å²) in [5.74, 6) is 0. The summed E-state index contributed by atoms with van der Waals surface area (Å²) in [5.41, 5.74) is 1.09. The maximum absolute atomic E-state index is 12.2. The van der Waals surface area contributed by atoms with Crippen molar-refractivity contribution >= 4 is 5.69 Å². The Hall–Kier alpha value is -1.16. The van der Waals surface area contributed by atoms with Gasteiger partial charge in [-0.3, -0.25) is 4.99 Å². The minimum Gasteiger partial charge on any atom is -0.410 e. The Labute approximate surface area is 168 Å². The molecule has 2 aromatic rings. The standard InChI is InChI=1S/C16H17N3O5.Y/c1-9-4-2-3-5-10(9)17-12-6-7-19(16(23)18-12)15-14(22)13(21)11(8-20)24-15;/h2-4,7,11,13-15,20-22H,8H2,1H3,(H,17,18,23);/q-2;/t11-,13+,14?,15-;/m1./s1. The maximum atomic E-state index is 12.2. The molecule has 1 saturated heterocycles. The molecule has 0 amide bonds. The fourth-order valence-electron chi connectivity index (χ4n) is 2.49. The van der Waals surface area contributed by atoms with Crippen LogP contribution in [0.1, 0.15) is 11.8 Å². The number of rotatable bonds is 3. The topological polar surface area (TPSA) is 120 Å². The molecule has 1 unspecified atom stereocenters. The van der Waals surface area contributed by atoms with Crippen LogP contribution in [0, 0.1) is 19.1 Å². The Morgan fingerprint density at radius 3 is 2.72 bits per heavy atom. The number of aryl methyl sites for hydroxylation is 1. The third-order valence-corrected chi connectivity index (χ3v) is 3.85. The van der Waals surface area contributed by atoms with E-state index in [-0.39, 0.29) is 38.2 Å². The van der Waals surface area contributed by atoms with Crippen molar-refractivity contribution < 1.29 is 52.8 Å². The van der Waals surface area contributed by atoms with E-state index in [4.69, 9.17) is 9.84 Å². The molecule has 2 heterocycles. The molecular formula is C16H17N3O5Y-2. The molecule has 1 radical (unpaired) electrons. The van der Waals surface area contributed by atoms with Crippen molar-refractivity contribution in [3.63, 3.8) is 0 Å². The monoisotopic (exact) mass is 420 g/mol. The summed E-state index contributed by atoms with van der Waals surface area (Å²) in [4.78, 5) is 19.0. The van der Waals surface area contributed by atoms with Crippen molar-refractivity contribution in [1.82, 2.24) is 9.55 Å². The summed E-state index contributed by atoms with van der Waals surface area (Å²) in [6.07, 6.45) is -3.40. The number of aliphatic hydroxyl groups is 3. The number of benzene rings is 1. The van der Waals surface area contributed by atoms with Crippen LogP contribution in [0.3, 0.4) is 0 Å². The van der Waals surface area contributed by atoms with Gasteiger partial charge in [0.05, 0.1) is 6.61 Å². The van der Waals surface area contributed by atoms with Crippen LogP contribution in [-0.4, -0.2) is 49.8 Å². The van der Waals surface area contributed by atoms with Gasteiger partial charge >= 0.3 is 5.69 Å². The van der Waals surface area contributed by atoms with Crippen LogP contribution in [0.2, 0.25) is 0 Å². The summed E-state index contributed by atoms with van der Waals surface area (Å²) in [6.45, 7) is 1.41. The molecule has 0 aliphatic carbocycles. The Bertz CT molecular complexity index is 850. The number of hydrogen-bond donors (Lipinski definition) is 4. The summed E-state index contributed by atoms with van der Waals surface area (Å²) in [7, 11) is 0. The first kappa shape index (κ1) is 20.2. The van der Waals surface area contributed by atoms with E-state index < -0.39 is 36.8 Å². The van der Waals surface area contributed by atoms with Gasteiger partial charge in [0.15, 0.2) is 6.23 Å². The van der Waals surface area contributed by atoms with Gasteiger partial charge in [0.2, 0.25) is 0 Å². The van der Waals surface area contributed by atoms with Crippen LogP contribution < -0.4 is 11.2 Å². The SMILES string of the molecule is Cc1ccc[c-]c1N=c1[c-]cn([C@@H]2O[C@H](CO)[C@H](O)C2O)c(=O)[nH]1.[Y]. The number of H-pyrrole nitrogens is 1. The van der Waals surface area contributed by atoms with Gasteiger partial charge in [-0.2, -0.15) is 30.5 Å². The fourth-order valence-corrected chi connectivity index (χ4v) is 2.49. The van der Waals surface area contributed by atoms with Crippen LogP contribution in [0.5, 0.6) is 0 Å². The number of aromatic amines is 1. The zero-order valence-corrected chi connectivity index (χ0v) is 16.3. The fraction of sp³-hybridized carbons (Fsp3) is 0.375. The largest absolute Gasteiger partial charge is 0.410 e. The molecule has 0 saturated carbocycles. The number of hydrogen-bond acceptors (Lipinski definition) is 6. The van der Waals surface area contributed by atoms with Gasteiger partial charge < -0.3 is 35.7 Å². The molecule has 1 aromatic carbocycles. The van der Waals surface area contributed by atoms with Gasteiger partial charge in [-0.15, -0.1) is 5.56 Å². The normalized spacial score (nSPS) is 26.5. The molecule has 25 heavy (non-hydrogen) atoms. The molecule has 0 bridgehead atoms. The first-order valence-electron chi connectivity index (χ1n) is 7.39. The van der Waals surface area contributed by atoms with E-state index in [1.54, 1.807) is 6.07 Å². The second-order valence-electron chi connectivity index (χ2n) is 5.50. The summed E-state index contributed by atoms with van der Waals surface area (Å²) >= 11 is 0. The minimum atomic E-state index is -1.34. The number of nitrogens with one attached hydrogen (secondary N) is 1. The predicted octanol–water partition coefficient (Wildman–Crippen LogP) is -1.07. The zero-order chi connectivity index (χ0) is 17.3. The second kappa shape index (κ2) is 8.48. The van der Waals surface area contributed by atoms with E-state index in [9.17, 15) is 15.0 Å². The number of nitrogens with zero attached hydrogens (tertiary/aromatic N) is 2. The predicted molar refractivity (Wildman–Crippen MR) is 82.1 cm³/mol. The van der Waals surface area contributed by atoms with Crippen molar-refractivity contribution in [3.05, 3.63) is 58.1 Å². The van der Waals surface area contributed by atoms with Crippen molar-refractivity contribution in [2.24, 2.45) is 4.99 Å². The molecular weight excluding hydrogens is 403 g/mol. The van der Waals surface area contributed by atoms with E-state index in [0.29, 0.717) is 5.69 Å². The van der Waals surface area contributed by atoms with E-state index in [1.165, 1.54) is 6.20 Å². The third-order valence-electron chi connectivity index (χ3n) is 3.85. The number of para-hydroxylation sites is 1. The van der Waals surface area contributed by atoms with Gasteiger partial charge in [-0.05, 0) is 11.2 Å². The van der Waals surface area contributed by atoms with Crippen molar-refractivity contribution in [2.75, 3.05) is 6.61 Å². The van der Waals surface area contributed by atoms with Crippen LogP contribution >= 0.6 is 0 Å². The van der Waals surface area contributed by atoms with Crippen LogP contribution in [-0.2, 0) is 37.4 Å². The quantitative estimate of drug-likeness (QED) is 0.472. The Morgan fingerprint density at radius 2 is 2.12 bits per heavy atom. The molecule has 9 heteroatoms. The molecule has 4 N–H and O–H groups in total.